The molecule has 3 heterocycles. The molecule has 1 fully saturated rings. The highest BCUT2D eigenvalue weighted by molar-refractivity contribution is 5.92. The Morgan fingerprint density at radius 2 is 1.55 bits per heavy atom. The molecule has 8 heteroatoms. The van der Waals surface area contributed by atoms with Gasteiger partial charge in [-0.25, -0.2) is 9.97 Å². The average molecular weight is 512 g/mol. The number of nitrogens with zero attached hydrogens (tertiary/aromatic N) is 3. The second-order valence-electron chi connectivity index (χ2n) is 8.98. The van der Waals surface area contributed by atoms with Gasteiger partial charge in [0.15, 0.2) is 5.76 Å². The standard InChI is InChI=1S/C29H29N3O3.CO2/c1-21-3-2-4-26(31-21)28-19-30-29(35-28)27(33)14-9-22-5-10-24(11-6-22)25-12-7-23(8-13-25)20-32-15-17-34-18-16-32;2-1-3/h2-8,10-13,19H,9,14-18,20H2,1H3;. The van der Waals surface area contributed by atoms with Crippen molar-refractivity contribution in [1.82, 2.24) is 14.9 Å². The molecule has 0 saturated carbocycles. The van der Waals surface area contributed by atoms with Gasteiger partial charge in [-0.05, 0) is 47.7 Å². The summed E-state index contributed by atoms with van der Waals surface area (Å²) in [4.78, 5) is 39.9. The molecule has 1 aliphatic rings. The van der Waals surface area contributed by atoms with Crippen molar-refractivity contribution in [3.8, 4) is 22.6 Å². The number of Topliss-reactive ketones (excluding diaryl/α,β-unsaturated/α-hetero) is 1. The Kier molecular flexibility index (Phi) is 9.43. The summed E-state index contributed by atoms with van der Waals surface area (Å²) in [5.74, 6) is 0.540. The maximum atomic E-state index is 12.6. The molecule has 5 rings (SSSR count). The van der Waals surface area contributed by atoms with Gasteiger partial charge in [0, 0.05) is 31.7 Å². The Bertz CT molecular complexity index is 1370. The maximum Gasteiger partial charge on any atom is 0.373 e. The predicted molar refractivity (Wildman–Crippen MR) is 140 cm³/mol. The van der Waals surface area contributed by atoms with Crippen molar-refractivity contribution in [2.45, 2.75) is 26.3 Å². The molecule has 0 spiro atoms. The molecule has 4 aromatic rings. The molecule has 38 heavy (non-hydrogen) atoms. The zero-order valence-electron chi connectivity index (χ0n) is 21.3. The van der Waals surface area contributed by atoms with Gasteiger partial charge in [0.2, 0.25) is 5.78 Å². The first-order valence-electron chi connectivity index (χ1n) is 12.5. The Balaban J connectivity index is 0.00000107. The lowest BCUT2D eigenvalue weighted by Gasteiger charge is -2.26. The van der Waals surface area contributed by atoms with Crippen molar-refractivity contribution in [3.05, 3.63) is 95.6 Å². The second kappa shape index (κ2) is 13.4. The van der Waals surface area contributed by atoms with Crippen LogP contribution in [0.1, 0.15) is 33.9 Å². The van der Waals surface area contributed by atoms with Crippen molar-refractivity contribution in [1.29, 1.82) is 0 Å². The van der Waals surface area contributed by atoms with E-state index in [0.717, 1.165) is 44.1 Å². The molecule has 0 N–H and O–H groups in total. The lowest BCUT2D eigenvalue weighted by atomic mass is 10.0. The zero-order valence-corrected chi connectivity index (χ0v) is 21.3. The molecule has 0 atom stereocenters. The topological polar surface area (TPSA) is 103 Å². The smallest absolute Gasteiger partial charge is 0.373 e. The summed E-state index contributed by atoms with van der Waals surface area (Å²) in [6.45, 7) is 6.50. The normalized spacial score (nSPS) is 13.3. The van der Waals surface area contributed by atoms with Crippen LogP contribution in [0.15, 0.2) is 77.3 Å². The summed E-state index contributed by atoms with van der Waals surface area (Å²) < 4.78 is 11.1. The molecule has 0 amide bonds. The minimum absolute atomic E-state index is 0.108. The molecule has 1 saturated heterocycles. The van der Waals surface area contributed by atoms with Crippen molar-refractivity contribution < 1.29 is 23.5 Å². The van der Waals surface area contributed by atoms with Gasteiger partial charge < -0.3 is 9.15 Å². The van der Waals surface area contributed by atoms with Crippen LogP contribution in [-0.4, -0.2) is 53.1 Å². The van der Waals surface area contributed by atoms with Crippen molar-refractivity contribution in [2.24, 2.45) is 0 Å². The highest BCUT2D eigenvalue weighted by Crippen LogP contribution is 2.23. The zero-order chi connectivity index (χ0) is 26.7. The molecule has 2 aromatic carbocycles. The number of aryl methyl sites for hydroxylation is 2. The third-order valence-electron chi connectivity index (χ3n) is 6.28. The molecule has 2 aromatic heterocycles. The Hall–Kier alpha value is -4.23. The predicted octanol–water partition coefficient (Wildman–Crippen LogP) is 4.78. The highest BCUT2D eigenvalue weighted by Gasteiger charge is 2.15. The number of pyridine rings is 1. The fourth-order valence-electron chi connectivity index (χ4n) is 4.25. The van der Waals surface area contributed by atoms with Gasteiger partial charge in [-0.2, -0.15) is 9.59 Å². The van der Waals surface area contributed by atoms with Crippen LogP contribution in [0.4, 0.5) is 0 Å². The lowest BCUT2D eigenvalue weighted by Crippen LogP contribution is -2.35. The first kappa shape index (κ1) is 26.8. The molecule has 0 aliphatic carbocycles. The number of oxazole rings is 1. The van der Waals surface area contributed by atoms with E-state index in [4.69, 9.17) is 18.7 Å². The molecule has 0 bridgehead atoms. The fraction of sp³-hybridized carbons (Fsp3) is 0.267. The summed E-state index contributed by atoms with van der Waals surface area (Å²) in [6, 6.07) is 22.8. The number of ether oxygens (including phenoxy) is 1. The van der Waals surface area contributed by atoms with E-state index in [0.29, 0.717) is 24.3 Å². The van der Waals surface area contributed by atoms with Gasteiger partial charge >= 0.3 is 6.15 Å². The molecule has 1 aliphatic heterocycles. The van der Waals surface area contributed by atoms with Crippen LogP contribution in [0.25, 0.3) is 22.6 Å². The van der Waals surface area contributed by atoms with E-state index >= 15 is 0 Å². The molecule has 194 valence electrons. The van der Waals surface area contributed by atoms with Crippen molar-refractivity contribution >= 4 is 11.9 Å². The van der Waals surface area contributed by atoms with Crippen molar-refractivity contribution in [3.63, 3.8) is 0 Å². The monoisotopic (exact) mass is 511 g/mol. The minimum atomic E-state index is -0.108. The van der Waals surface area contributed by atoms with E-state index < -0.39 is 0 Å². The third kappa shape index (κ3) is 7.40. The largest absolute Gasteiger partial charge is 0.432 e. The van der Waals surface area contributed by atoms with Crippen LogP contribution in [0.2, 0.25) is 0 Å². The summed E-state index contributed by atoms with van der Waals surface area (Å²) >= 11 is 0. The summed E-state index contributed by atoms with van der Waals surface area (Å²) in [7, 11) is 0. The summed E-state index contributed by atoms with van der Waals surface area (Å²) in [5.41, 5.74) is 6.36. The Morgan fingerprint density at radius 1 is 0.921 bits per heavy atom. The molecular weight excluding hydrogens is 482 g/mol. The average Bonchev–Trinajstić information content (AvgIpc) is 3.44. The first-order chi connectivity index (χ1) is 18.6. The number of carbonyl (C=O) groups excluding carboxylic acids is 3. The van der Waals surface area contributed by atoms with Crippen LogP contribution < -0.4 is 0 Å². The number of morpholine rings is 1. The first-order valence-corrected chi connectivity index (χ1v) is 12.5. The van der Waals surface area contributed by atoms with Crippen LogP contribution >= 0.6 is 0 Å². The highest BCUT2D eigenvalue weighted by atomic mass is 16.5. The quantitative estimate of drug-likeness (QED) is 0.312. The Labute approximate surface area is 221 Å². The summed E-state index contributed by atoms with van der Waals surface area (Å²) in [6.07, 6.45) is 2.80. The maximum absolute atomic E-state index is 12.6. The van der Waals surface area contributed by atoms with Crippen LogP contribution in [0.3, 0.4) is 0 Å². The number of ketones is 1. The number of rotatable bonds is 8. The van der Waals surface area contributed by atoms with E-state index in [1.54, 1.807) is 6.20 Å². The van der Waals surface area contributed by atoms with Gasteiger partial charge in [-0.1, -0.05) is 54.6 Å². The second-order valence-corrected chi connectivity index (χ2v) is 8.98. The number of hydrogen-bond acceptors (Lipinski definition) is 8. The number of carbonyl (C=O) groups is 1. The summed E-state index contributed by atoms with van der Waals surface area (Å²) in [5, 5.41) is 0. The van der Waals surface area contributed by atoms with E-state index in [9.17, 15) is 4.79 Å². The number of benzene rings is 2. The molecule has 0 radical (unpaired) electrons. The number of hydrogen-bond donors (Lipinski definition) is 0. The third-order valence-corrected chi connectivity index (χ3v) is 6.28. The fourth-order valence-corrected chi connectivity index (χ4v) is 4.25. The lowest BCUT2D eigenvalue weighted by molar-refractivity contribution is -0.191. The van der Waals surface area contributed by atoms with E-state index in [-0.39, 0.29) is 17.8 Å². The van der Waals surface area contributed by atoms with Gasteiger partial charge in [-0.3, -0.25) is 9.69 Å². The molecule has 8 nitrogen and oxygen atoms in total. The molecule has 0 unspecified atom stereocenters. The van der Waals surface area contributed by atoms with E-state index in [2.05, 4.69) is 63.4 Å². The van der Waals surface area contributed by atoms with Gasteiger partial charge in [0.25, 0.3) is 5.89 Å². The minimum Gasteiger partial charge on any atom is -0.432 e. The van der Waals surface area contributed by atoms with Crippen molar-refractivity contribution in [2.75, 3.05) is 26.3 Å². The van der Waals surface area contributed by atoms with Crippen LogP contribution in [-0.2, 0) is 27.3 Å². The van der Waals surface area contributed by atoms with Gasteiger partial charge in [-0.15, -0.1) is 0 Å². The Morgan fingerprint density at radius 3 is 2.18 bits per heavy atom. The van der Waals surface area contributed by atoms with Gasteiger partial charge in [0.1, 0.15) is 5.69 Å². The van der Waals surface area contributed by atoms with Gasteiger partial charge in [0.05, 0.1) is 19.4 Å². The number of aromatic nitrogens is 2. The molecular formula is C30H29N3O5. The van der Waals surface area contributed by atoms with Crippen LogP contribution in [0.5, 0.6) is 0 Å². The SMILES string of the molecule is Cc1cccc(-c2cnc(C(=O)CCc3ccc(-c4ccc(CN5CCOCC5)cc4)cc3)o2)n1.O=C=O. The van der Waals surface area contributed by atoms with Crippen LogP contribution in [0, 0.1) is 6.92 Å². The van der Waals surface area contributed by atoms with E-state index in [1.807, 2.05) is 25.1 Å². The van der Waals surface area contributed by atoms with E-state index in [1.165, 1.54) is 16.7 Å².